The second-order valence-corrected chi connectivity index (χ2v) is 5.79. The molecule has 2 aliphatic rings. The first kappa shape index (κ1) is 12.9. The molecule has 3 atom stereocenters. The summed E-state index contributed by atoms with van der Waals surface area (Å²) in [6.45, 7) is 0. The van der Waals surface area contributed by atoms with Crippen molar-refractivity contribution in [3.63, 3.8) is 0 Å². The van der Waals surface area contributed by atoms with Crippen molar-refractivity contribution in [1.82, 2.24) is 5.32 Å². The van der Waals surface area contributed by atoms with Gasteiger partial charge in [-0.15, -0.1) is 0 Å². The van der Waals surface area contributed by atoms with Gasteiger partial charge in [-0.25, -0.2) is 0 Å². The minimum absolute atomic E-state index is 0.0237. The predicted octanol–water partition coefficient (Wildman–Crippen LogP) is 2.10. The maximum absolute atomic E-state index is 12.2. The van der Waals surface area contributed by atoms with Gasteiger partial charge in [0.15, 0.2) is 0 Å². The highest BCUT2D eigenvalue weighted by atomic mass is 16.6. The van der Waals surface area contributed by atoms with Gasteiger partial charge in [-0.1, -0.05) is 6.42 Å². The molecule has 3 rings (SSSR count). The summed E-state index contributed by atoms with van der Waals surface area (Å²) in [4.78, 5) is 22.3. The Balaban J connectivity index is 1.71. The monoisotopic (exact) mass is 275 g/mol. The number of nitrogens with zero attached hydrogens (tertiary/aromatic N) is 1. The summed E-state index contributed by atoms with van der Waals surface area (Å²) in [5.74, 6) is 1.16. The van der Waals surface area contributed by atoms with E-state index in [0.29, 0.717) is 11.5 Å². The molecular weight excluding hydrogens is 258 g/mol. The van der Waals surface area contributed by atoms with E-state index in [1.165, 1.54) is 37.5 Å². The summed E-state index contributed by atoms with van der Waals surface area (Å²) in [5, 5.41) is 13.7. The normalized spacial score (nSPS) is 27.5. The zero-order valence-corrected chi connectivity index (χ0v) is 11.0. The molecule has 1 aromatic carbocycles. The van der Waals surface area contributed by atoms with Crippen molar-refractivity contribution in [1.29, 1.82) is 0 Å². The molecule has 0 aromatic heterocycles. The highest BCUT2D eigenvalue weighted by Crippen LogP contribution is 2.44. The van der Waals surface area contributed by atoms with Gasteiger partial charge in [0.1, 0.15) is 5.69 Å². The maximum atomic E-state index is 12.2. The molecular formula is C14H17N3O3. The van der Waals surface area contributed by atoms with Gasteiger partial charge >= 0.3 is 0 Å². The summed E-state index contributed by atoms with van der Waals surface area (Å²) < 4.78 is 0. The highest BCUT2D eigenvalue weighted by molar-refractivity contribution is 5.96. The van der Waals surface area contributed by atoms with E-state index >= 15 is 0 Å². The standard InChI is InChI=1S/C14H17N3O3/c15-11-7-10(3-4-13(11)17(19)20)14(18)16-12-6-8-1-2-9(12)5-8/h3-4,7-9,12H,1-2,5-6,15H2,(H,16,18). The lowest BCUT2D eigenvalue weighted by molar-refractivity contribution is -0.383. The Bertz CT molecular complexity index is 573. The van der Waals surface area contributed by atoms with Crippen LogP contribution in [-0.2, 0) is 0 Å². The van der Waals surface area contributed by atoms with Crippen molar-refractivity contribution in [2.45, 2.75) is 31.7 Å². The summed E-state index contributed by atoms with van der Waals surface area (Å²) in [5.41, 5.74) is 5.85. The number of nitrogens with two attached hydrogens (primary N) is 1. The van der Waals surface area contributed by atoms with E-state index in [2.05, 4.69) is 5.32 Å². The maximum Gasteiger partial charge on any atom is 0.292 e. The van der Waals surface area contributed by atoms with E-state index in [4.69, 9.17) is 5.73 Å². The number of benzene rings is 1. The van der Waals surface area contributed by atoms with E-state index in [-0.39, 0.29) is 23.3 Å². The molecule has 1 aromatic rings. The van der Waals surface area contributed by atoms with Crippen LogP contribution in [0.2, 0.25) is 0 Å². The third kappa shape index (κ3) is 2.21. The van der Waals surface area contributed by atoms with Crippen LogP contribution in [0.3, 0.4) is 0 Å². The number of nitro groups is 1. The lowest BCUT2D eigenvalue weighted by Crippen LogP contribution is -2.38. The number of hydrogen-bond donors (Lipinski definition) is 2. The molecule has 1 amide bonds. The number of anilines is 1. The van der Waals surface area contributed by atoms with Gasteiger partial charge < -0.3 is 11.1 Å². The third-order valence-corrected chi connectivity index (χ3v) is 4.54. The van der Waals surface area contributed by atoms with Crippen molar-refractivity contribution in [2.24, 2.45) is 11.8 Å². The molecule has 0 saturated heterocycles. The molecule has 106 valence electrons. The Morgan fingerprint density at radius 3 is 2.70 bits per heavy atom. The molecule has 0 radical (unpaired) electrons. The molecule has 2 aliphatic carbocycles. The molecule has 0 spiro atoms. The fourth-order valence-corrected chi connectivity index (χ4v) is 3.54. The van der Waals surface area contributed by atoms with Gasteiger partial charge in [0, 0.05) is 17.7 Å². The molecule has 3 N–H and O–H groups in total. The van der Waals surface area contributed by atoms with Crippen molar-refractivity contribution in [2.75, 3.05) is 5.73 Å². The minimum atomic E-state index is -0.549. The number of amides is 1. The zero-order chi connectivity index (χ0) is 14.3. The first-order valence-electron chi connectivity index (χ1n) is 6.89. The average Bonchev–Trinajstić information content (AvgIpc) is 3.00. The van der Waals surface area contributed by atoms with Gasteiger partial charge in [-0.05, 0) is 43.2 Å². The van der Waals surface area contributed by atoms with Crippen LogP contribution in [0.25, 0.3) is 0 Å². The molecule has 6 heteroatoms. The van der Waals surface area contributed by atoms with Gasteiger partial charge in [-0.2, -0.15) is 0 Å². The number of rotatable bonds is 3. The molecule has 2 fully saturated rings. The minimum Gasteiger partial charge on any atom is -0.393 e. The number of hydrogen-bond acceptors (Lipinski definition) is 4. The zero-order valence-electron chi connectivity index (χ0n) is 11.0. The Hall–Kier alpha value is -2.11. The van der Waals surface area contributed by atoms with Gasteiger partial charge in [0.2, 0.25) is 0 Å². The quantitative estimate of drug-likeness (QED) is 0.501. The number of carbonyl (C=O) groups excluding carboxylic acids is 1. The lowest BCUT2D eigenvalue weighted by Gasteiger charge is -2.22. The van der Waals surface area contributed by atoms with Crippen molar-refractivity contribution in [3.8, 4) is 0 Å². The van der Waals surface area contributed by atoms with E-state index in [0.717, 1.165) is 12.3 Å². The largest absolute Gasteiger partial charge is 0.393 e. The van der Waals surface area contributed by atoms with Crippen LogP contribution >= 0.6 is 0 Å². The van der Waals surface area contributed by atoms with Gasteiger partial charge in [0.25, 0.3) is 11.6 Å². The average molecular weight is 275 g/mol. The van der Waals surface area contributed by atoms with E-state index in [9.17, 15) is 14.9 Å². The van der Waals surface area contributed by atoms with Crippen LogP contribution in [0.5, 0.6) is 0 Å². The molecule has 3 unspecified atom stereocenters. The topological polar surface area (TPSA) is 98.3 Å². The summed E-state index contributed by atoms with van der Waals surface area (Å²) in [6.07, 6.45) is 4.74. The summed E-state index contributed by atoms with van der Waals surface area (Å²) >= 11 is 0. The van der Waals surface area contributed by atoms with Crippen molar-refractivity contribution in [3.05, 3.63) is 33.9 Å². The number of nitro benzene ring substituents is 1. The Morgan fingerprint density at radius 2 is 2.15 bits per heavy atom. The second kappa shape index (κ2) is 4.77. The number of carbonyl (C=O) groups is 1. The smallest absolute Gasteiger partial charge is 0.292 e. The SMILES string of the molecule is Nc1cc(C(=O)NC2CC3CCC2C3)ccc1[N+](=O)[O-]. The van der Waals surface area contributed by atoms with Gasteiger partial charge in [-0.3, -0.25) is 14.9 Å². The lowest BCUT2D eigenvalue weighted by atomic mass is 9.95. The fraction of sp³-hybridized carbons (Fsp3) is 0.500. The van der Waals surface area contributed by atoms with Crippen molar-refractivity contribution < 1.29 is 9.72 Å². The fourth-order valence-electron chi connectivity index (χ4n) is 3.54. The first-order chi connectivity index (χ1) is 9.54. The van der Waals surface area contributed by atoms with Crippen LogP contribution in [0.4, 0.5) is 11.4 Å². The predicted molar refractivity (Wildman–Crippen MR) is 74.2 cm³/mol. The molecule has 20 heavy (non-hydrogen) atoms. The molecule has 2 saturated carbocycles. The van der Waals surface area contributed by atoms with Crippen LogP contribution < -0.4 is 11.1 Å². The number of nitrogen functional groups attached to an aromatic ring is 1. The molecule has 6 nitrogen and oxygen atoms in total. The summed E-state index contributed by atoms with van der Waals surface area (Å²) in [7, 11) is 0. The second-order valence-electron chi connectivity index (χ2n) is 5.79. The molecule has 0 heterocycles. The summed E-state index contributed by atoms with van der Waals surface area (Å²) in [6, 6.07) is 4.36. The van der Waals surface area contributed by atoms with Crippen LogP contribution in [0.1, 0.15) is 36.0 Å². The first-order valence-corrected chi connectivity index (χ1v) is 6.89. The highest BCUT2D eigenvalue weighted by Gasteiger charge is 2.40. The Labute approximate surface area is 116 Å². The van der Waals surface area contributed by atoms with E-state index in [1.54, 1.807) is 0 Å². The van der Waals surface area contributed by atoms with Crippen LogP contribution in [0.15, 0.2) is 18.2 Å². The number of nitrogens with one attached hydrogen (secondary N) is 1. The Morgan fingerprint density at radius 1 is 1.35 bits per heavy atom. The van der Waals surface area contributed by atoms with E-state index < -0.39 is 4.92 Å². The van der Waals surface area contributed by atoms with Gasteiger partial charge in [0.05, 0.1) is 4.92 Å². The molecule has 2 bridgehead atoms. The third-order valence-electron chi connectivity index (χ3n) is 4.54. The van der Waals surface area contributed by atoms with Crippen LogP contribution in [0, 0.1) is 22.0 Å². The van der Waals surface area contributed by atoms with E-state index in [1.807, 2.05) is 0 Å². The molecule has 0 aliphatic heterocycles. The number of fused-ring (bicyclic) bond motifs is 2. The Kier molecular flexibility index (Phi) is 3.08. The van der Waals surface area contributed by atoms with Crippen LogP contribution in [-0.4, -0.2) is 16.9 Å². The van der Waals surface area contributed by atoms with Crippen molar-refractivity contribution >= 4 is 17.3 Å².